The number of esters is 1. The summed E-state index contributed by atoms with van der Waals surface area (Å²) in [6.45, 7) is 5.54. The molecule has 1 amide bonds. The Labute approximate surface area is 164 Å². The molecular weight excluding hydrogens is 358 g/mol. The number of hydrogen-bond acceptors (Lipinski definition) is 5. The van der Waals surface area contributed by atoms with Gasteiger partial charge in [-0.1, -0.05) is 26.7 Å². The minimum Gasteiger partial charge on any atom is -0.452 e. The number of carbonyl (C=O) groups is 2. The van der Waals surface area contributed by atoms with Crippen molar-refractivity contribution in [2.75, 3.05) is 6.61 Å². The van der Waals surface area contributed by atoms with Crippen LogP contribution in [0.1, 0.15) is 54.8 Å². The molecule has 7 nitrogen and oxygen atoms in total. The highest BCUT2D eigenvalue weighted by molar-refractivity contribution is 5.95. The van der Waals surface area contributed by atoms with Gasteiger partial charge in [-0.2, -0.15) is 5.26 Å². The van der Waals surface area contributed by atoms with E-state index < -0.39 is 5.97 Å². The number of aromatic nitrogens is 1. The molecule has 1 aliphatic carbocycles. The van der Waals surface area contributed by atoms with Crippen LogP contribution in [0.5, 0.6) is 0 Å². The van der Waals surface area contributed by atoms with Crippen LogP contribution in [0.15, 0.2) is 28.9 Å². The van der Waals surface area contributed by atoms with Crippen molar-refractivity contribution in [3.05, 3.63) is 41.4 Å². The number of rotatable bonds is 5. The monoisotopic (exact) mass is 383 g/mol. The number of nitriles is 1. The number of furan rings is 1. The second kappa shape index (κ2) is 8.34. The van der Waals surface area contributed by atoms with Crippen LogP contribution in [0.4, 0.5) is 0 Å². The quantitative estimate of drug-likeness (QED) is 0.799. The van der Waals surface area contributed by atoms with E-state index in [-0.39, 0.29) is 41.3 Å². The van der Waals surface area contributed by atoms with Crippen molar-refractivity contribution in [3.63, 3.8) is 0 Å². The molecule has 1 saturated carbocycles. The zero-order valence-electron chi connectivity index (χ0n) is 16.4. The zero-order valence-corrected chi connectivity index (χ0v) is 16.4. The van der Waals surface area contributed by atoms with Crippen LogP contribution in [-0.2, 0) is 9.53 Å². The van der Waals surface area contributed by atoms with Gasteiger partial charge in [0.25, 0.3) is 5.91 Å². The lowest BCUT2D eigenvalue weighted by Crippen LogP contribution is -2.45. The molecule has 2 aromatic rings. The number of hydrogen-bond donors (Lipinski definition) is 1. The highest BCUT2D eigenvalue weighted by Crippen LogP contribution is 2.29. The van der Waals surface area contributed by atoms with Crippen molar-refractivity contribution >= 4 is 11.9 Å². The molecule has 0 spiro atoms. The molecule has 1 fully saturated rings. The highest BCUT2D eigenvalue weighted by atomic mass is 16.5. The first-order valence-corrected chi connectivity index (χ1v) is 9.55. The molecule has 0 bridgehead atoms. The maximum atomic E-state index is 12.5. The van der Waals surface area contributed by atoms with Gasteiger partial charge in [-0.15, -0.1) is 0 Å². The number of nitrogens with zero attached hydrogens (tertiary/aromatic N) is 2. The molecule has 3 atom stereocenters. The Balaban J connectivity index is 1.65. The summed E-state index contributed by atoms with van der Waals surface area (Å²) in [4.78, 5) is 24.8. The van der Waals surface area contributed by atoms with Crippen LogP contribution in [0.2, 0.25) is 0 Å². The Morgan fingerprint density at radius 1 is 1.32 bits per heavy atom. The molecule has 3 rings (SSSR count). The van der Waals surface area contributed by atoms with Crippen LogP contribution in [0.25, 0.3) is 5.88 Å². The molecule has 1 aliphatic rings. The summed E-state index contributed by atoms with van der Waals surface area (Å²) in [5.74, 6) is 0.409. The molecule has 0 aliphatic heterocycles. The van der Waals surface area contributed by atoms with Gasteiger partial charge in [-0.25, -0.2) is 4.79 Å². The van der Waals surface area contributed by atoms with Crippen LogP contribution in [0, 0.1) is 30.1 Å². The fraction of sp³-hybridized carbons (Fsp3) is 0.476. The van der Waals surface area contributed by atoms with Gasteiger partial charge in [-0.05, 0) is 37.3 Å². The minimum atomic E-state index is -0.739. The van der Waals surface area contributed by atoms with E-state index in [2.05, 4.69) is 19.2 Å². The van der Waals surface area contributed by atoms with Crippen LogP contribution < -0.4 is 5.32 Å². The van der Waals surface area contributed by atoms with Gasteiger partial charge in [-0.3, -0.25) is 9.36 Å². The first kappa shape index (κ1) is 19.7. The van der Waals surface area contributed by atoms with Gasteiger partial charge >= 0.3 is 5.97 Å². The third kappa shape index (κ3) is 3.96. The number of amides is 1. The fourth-order valence-corrected chi connectivity index (χ4v) is 3.77. The average Bonchev–Trinajstić information content (AvgIpc) is 3.30. The molecule has 0 saturated heterocycles. The molecule has 0 aromatic carbocycles. The third-order valence-electron chi connectivity index (χ3n) is 5.61. The molecule has 2 heterocycles. The van der Waals surface area contributed by atoms with E-state index in [0.29, 0.717) is 11.8 Å². The van der Waals surface area contributed by atoms with Crippen LogP contribution in [0.3, 0.4) is 0 Å². The lowest BCUT2D eigenvalue weighted by Gasteiger charge is -2.34. The smallest absolute Gasteiger partial charge is 0.343 e. The van der Waals surface area contributed by atoms with Gasteiger partial charge in [0, 0.05) is 18.4 Å². The van der Waals surface area contributed by atoms with E-state index in [0.717, 1.165) is 12.8 Å². The van der Waals surface area contributed by atoms with Crippen molar-refractivity contribution in [1.82, 2.24) is 9.88 Å². The predicted molar refractivity (Wildman–Crippen MR) is 102 cm³/mol. The summed E-state index contributed by atoms with van der Waals surface area (Å²) in [6.07, 6.45) is 6.62. The van der Waals surface area contributed by atoms with E-state index in [9.17, 15) is 14.9 Å². The summed E-state index contributed by atoms with van der Waals surface area (Å²) >= 11 is 0. The molecule has 7 heteroatoms. The van der Waals surface area contributed by atoms with Gasteiger partial charge in [0.15, 0.2) is 6.61 Å². The average molecular weight is 383 g/mol. The Morgan fingerprint density at radius 2 is 2.04 bits per heavy atom. The Bertz CT molecular complexity index is 892. The number of aryl methyl sites for hydroxylation is 1. The van der Waals surface area contributed by atoms with Gasteiger partial charge in [0.2, 0.25) is 5.88 Å². The van der Waals surface area contributed by atoms with Crippen molar-refractivity contribution in [3.8, 4) is 12.0 Å². The number of ether oxygens (including phenoxy) is 1. The number of carbonyl (C=O) groups excluding carboxylic acids is 2. The maximum absolute atomic E-state index is 12.5. The molecular formula is C21H25N3O4. The van der Waals surface area contributed by atoms with E-state index in [4.69, 9.17) is 9.15 Å². The van der Waals surface area contributed by atoms with E-state index >= 15 is 0 Å². The highest BCUT2D eigenvalue weighted by Gasteiger charge is 2.29. The summed E-state index contributed by atoms with van der Waals surface area (Å²) in [6, 6.07) is 5.67. The van der Waals surface area contributed by atoms with Crippen molar-refractivity contribution in [2.24, 2.45) is 11.8 Å². The molecule has 28 heavy (non-hydrogen) atoms. The molecule has 0 radical (unpaired) electrons. The second-order valence-electron chi connectivity index (χ2n) is 7.43. The summed E-state index contributed by atoms with van der Waals surface area (Å²) in [5, 5.41) is 12.5. The largest absolute Gasteiger partial charge is 0.452 e. The Hall–Kier alpha value is -3.01. The summed E-state index contributed by atoms with van der Waals surface area (Å²) in [7, 11) is 0. The lowest BCUT2D eigenvalue weighted by atomic mass is 9.78. The van der Waals surface area contributed by atoms with Gasteiger partial charge in [0.05, 0.1) is 0 Å². The second-order valence-corrected chi connectivity index (χ2v) is 7.43. The van der Waals surface area contributed by atoms with E-state index in [1.54, 1.807) is 36.0 Å². The van der Waals surface area contributed by atoms with Gasteiger partial charge < -0.3 is 14.5 Å². The van der Waals surface area contributed by atoms with E-state index in [1.807, 2.05) is 6.07 Å². The topological polar surface area (TPSA) is 97.3 Å². The number of nitrogens with one attached hydrogen (secondary N) is 1. The zero-order chi connectivity index (χ0) is 20.3. The summed E-state index contributed by atoms with van der Waals surface area (Å²) in [5.41, 5.74) is 0.146. The van der Waals surface area contributed by atoms with E-state index in [1.165, 1.54) is 6.42 Å². The Morgan fingerprint density at radius 3 is 2.71 bits per heavy atom. The first-order valence-electron chi connectivity index (χ1n) is 9.55. The SMILES string of the molecule is Cc1oc(-n2cccc2)c(C#N)c1C(=O)OCC(=O)N[C@H]1CCC[C@H](C)[C@@H]1C. The summed E-state index contributed by atoms with van der Waals surface area (Å²) < 4.78 is 12.4. The Kier molecular flexibility index (Phi) is 5.88. The molecule has 2 aromatic heterocycles. The minimum absolute atomic E-state index is 0.0543. The fourth-order valence-electron chi connectivity index (χ4n) is 3.77. The molecule has 1 N–H and O–H groups in total. The predicted octanol–water partition coefficient (Wildman–Crippen LogP) is 3.35. The molecule has 0 unspecified atom stereocenters. The third-order valence-corrected chi connectivity index (χ3v) is 5.61. The standard InChI is InChI=1S/C21H25N3O4/c1-13-7-6-8-17(14(13)2)23-18(25)12-27-21(26)19-15(3)28-20(16(19)11-22)24-9-4-5-10-24/h4-5,9-10,13-14,17H,6-8,12H2,1-3H3,(H,23,25)/t13-,14-,17-/m0/s1. The molecule has 148 valence electrons. The normalized spacial score (nSPS) is 21.7. The maximum Gasteiger partial charge on any atom is 0.343 e. The van der Waals surface area contributed by atoms with Crippen molar-refractivity contribution in [1.29, 1.82) is 5.26 Å². The first-order chi connectivity index (χ1) is 13.4. The van der Waals surface area contributed by atoms with Crippen LogP contribution in [-0.4, -0.2) is 29.1 Å². The van der Waals surface area contributed by atoms with Crippen LogP contribution >= 0.6 is 0 Å². The van der Waals surface area contributed by atoms with Crippen molar-refractivity contribution < 1.29 is 18.7 Å². The van der Waals surface area contributed by atoms with Crippen molar-refractivity contribution in [2.45, 2.75) is 46.1 Å². The lowest BCUT2D eigenvalue weighted by molar-refractivity contribution is -0.125. The van der Waals surface area contributed by atoms with Gasteiger partial charge in [0.1, 0.15) is 23.0 Å².